The smallest absolute Gasteiger partial charge is 0.255 e. The molecular weight excluding hydrogens is 390 g/mol. The third-order valence-electron chi connectivity index (χ3n) is 5.16. The molecule has 2 heterocycles. The van der Waals surface area contributed by atoms with E-state index in [0.29, 0.717) is 46.9 Å². The van der Waals surface area contributed by atoms with Gasteiger partial charge < -0.3 is 9.73 Å². The van der Waals surface area contributed by atoms with Gasteiger partial charge in [0.25, 0.3) is 5.91 Å². The molecule has 2 aromatic carbocycles. The zero-order valence-corrected chi connectivity index (χ0v) is 17.3. The molecule has 1 aliphatic rings. The van der Waals surface area contributed by atoms with Crippen LogP contribution in [0, 0.1) is 13.8 Å². The molecule has 4 rings (SSSR count). The van der Waals surface area contributed by atoms with E-state index < -0.39 is 10.0 Å². The van der Waals surface area contributed by atoms with Crippen molar-refractivity contribution in [1.29, 1.82) is 0 Å². The lowest BCUT2D eigenvalue weighted by molar-refractivity contribution is 0.102. The zero-order chi connectivity index (χ0) is 20.6. The summed E-state index contributed by atoms with van der Waals surface area (Å²) < 4.78 is 32.9. The molecule has 1 aliphatic heterocycles. The molecule has 7 nitrogen and oxygen atoms in total. The van der Waals surface area contributed by atoms with Crippen LogP contribution < -0.4 is 5.32 Å². The van der Waals surface area contributed by atoms with Gasteiger partial charge in [-0.1, -0.05) is 12.5 Å². The summed E-state index contributed by atoms with van der Waals surface area (Å²) in [7, 11) is -3.60. The second-order valence-electron chi connectivity index (χ2n) is 7.31. The molecule has 1 N–H and O–H groups in total. The Kier molecular flexibility index (Phi) is 5.14. The fraction of sp³-hybridized carbons (Fsp3) is 0.333. The molecule has 0 unspecified atom stereocenters. The first-order valence-corrected chi connectivity index (χ1v) is 11.1. The number of piperidine rings is 1. The van der Waals surface area contributed by atoms with Crippen LogP contribution in [0.3, 0.4) is 0 Å². The zero-order valence-electron chi connectivity index (χ0n) is 16.4. The van der Waals surface area contributed by atoms with Gasteiger partial charge in [-0.25, -0.2) is 13.4 Å². The molecule has 0 aliphatic carbocycles. The van der Waals surface area contributed by atoms with E-state index in [0.717, 1.165) is 19.3 Å². The predicted octanol–water partition coefficient (Wildman–Crippen LogP) is 3.87. The first-order chi connectivity index (χ1) is 13.8. The topological polar surface area (TPSA) is 92.5 Å². The average Bonchev–Trinajstić information content (AvgIpc) is 3.08. The summed E-state index contributed by atoms with van der Waals surface area (Å²) in [6.07, 6.45) is 2.77. The number of hydrogen-bond donors (Lipinski definition) is 1. The van der Waals surface area contributed by atoms with Crippen LogP contribution in [0.2, 0.25) is 0 Å². The van der Waals surface area contributed by atoms with Crippen molar-refractivity contribution in [3.8, 4) is 0 Å². The van der Waals surface area contributed by atoms with Gasteiger partial charge in [-0.05, 0) is 55.7 Å². The Morgan fingerprint density at radius 3 is 2.59 bits per heavy atom. The Labute approximate surface area is 169 Å². The normalized spacial score (nSPS) is 15.5. The Morgan fingerprint density at radius 1 is 1.07 bits per heavy atom. The Hall–Kier alpha value is -2.71. The summed E-state index contributed by atoms with van der Waals surface area (Å²) >= 11 is 0. The molecule has 0 saturated carbocycles. The van der Waals surface area contributed by atoms with Crippen LogP contribution in [0.15, 0.2) is 45.7 Å². The Bertz CT molecular complexity index is 1180. The maximum atomic E-state index is 13.0. The monoisotopic (exact) mass is 413 g/mol. The summed E-state index contributed by atoms with van der Waals surface area (Å²) in [5.41, 5.74) is 2.90. The molecule has 152 valence electrons. The molecule has 0 atom stereocenters. The quantitative estimate of drug-likeness (QED) is 0.701. The van der Waals surface area contributed by atoms with Gasteiger partial charge in [0.1, 0.15) is 5.52 Å². The summed E-state index contributed by atoms with van der Waals surface area (Å²) in [4.78, 5) is 17.3. The van der Waals surface area contributed by atoms with Gasteiger partial charge >= 0.3 is 0 Å². The van der Waals surface area contributed by atoms with Crippen LogP contribution in [0.25, 0.3) is 11.1 Å². The number of rotatable bonds is 4. The number of carbonyl (C=O) groups excluding carboxylic acids is 1. The molecule has 8 heteroatoms. The van der Waals surface area contributed by atoms with Crippen LogP contribution in [0.5, 0.6) is 0 Å². The van der Waals surface area contributed by atoms with E-state index in [1.807, 2.05) is 0 Å². The van der Waals surface area contributed by atoms with Crippen LogP contribution in [0.4, 0.5) is 5.69 Å². The lowest BCUT2D eigenvalue weighted by Crippen LogP contribution is -2.35. The van der Waals surface area contributed by atoms with Crippen molar-refractivity contribution < 1.29 is 17.6 Å². The number of oxazole rings is 1. The fourth-order valence-corrected chi connectivity index (χ4v) is 5.12. The maximum Gasteiger partial charge on any atom is 0.255 e. The van der Waals surface area contributed by atoms with E-state index in [2.05, 4.69) is 10.3 Å². The second kappa shape index (κ2) is 7.61. The van der Waals surface area contributed by atoms with Crippen molar-refractivity contribution in [2.75, 3.05) is 18.4 Å². The molecule has 3 aromatic rings. The number of amides is 1. The standard InChI is InChI=1S/C21H23N3O4S/c1-14-6-8-17(29(26,27)24-10-4-3-5-11-24)13-18(14)21(25)23-16-7-9-20-19(12-16)22-15(2)28-20/h6-9,12-13H,3-5,10-11H2,1-2H3,(H,23,25). The molecule has 0 bridgehead atoms. The first kappa shape index (κ1) is 19.6. The van der Waals surface area contributed by atoms with Crippen LogP contribution >= 0.6 is 0 Å². The number of aryl methyl sites for hydroxylation is 2. The minimum Gasteiger partial charge on any atom is -0.441 e. The van der Waals surface area contributed by atoms with Gasteiger partial charge in [-0.3, -0.25) is 4.79 Å². The lowest BCUT2D eigenvalue weighted by Gasteiger charge is -2.26. The minimum absolute atomic E-state index is 0.151. The minimum atomic E-state index is -3.60. The Balaban J connectivity index is 1.61. The van der Waals surface area contributed by atoms with Crippen molar-refractivity contribution in [3.63, 3.8) is 0 Å². The van der Waals surface area contributed by atoms with Gasteiger partial charge in [0.2, 0.25) is 10.0 Å². The molecule has 1 amide bonds. The number of hydrogen-bond acceptors (Lipinski definition) is 5. The molecule has 1 fully saturated rings. The van der Waals surface area contributed by atoms with E-state index in [4.69, 9.17) is 4.42 Å². The van der Waals surface area contributed by atoms with E-state index in [9.17, 15) is 13.2 Å². The number of anilines is 1. The summed E-state index contributed by atoms with van der Waals surface area (Å²) in [6.45, 7) is 4.59. The molecule has 1 aromatic heterocycles. The van der Waals surface area contributed by atoms with Crippen LogP contribution in [0.1, 0.15) is 41.1 Å². The number of sulfonamides is 1. The van der Waals surface area contributed by atoms with E-state index in [1.165, 1.54) is 10.4 Å². The van der Waals surface area contributed by atoms with Gasteiger partial charge in [-0.15, -0.1) is 0 Å². The van der Waals surface area contributed by atoms with Gasteiger partial charge in [0.15, 0.2) is 11.5 Å². The largest absolute Gasteiger partial charge is 0.441 e. The van der Waals surface area contributed by atoms with Gasteiger partial charge in [-0.2, -0.15) is 4.31 Å². The summed E-state index contributed by atoms with van der Waals surface area (Å²) in [5.74, 6) is 0.188. The highest BCUT2D eigenvalue weighted by atomic mass is 32.2. The lowest BCUT2D eigenvalue weighted by atomic mass is 10.1. The molecule has 0 spiro atoms. The summed E-state index contributed by atoms with van der Waals surface area (Å²) in [6, 6.07) is 9.92. The highest BCUT2D eigenvalue weighted by Gasteiger charge is 2.27. The molecule has 0 radical (unpaired) electrons. The second-order valence-corrected chi connectivity index (χ2v) is 9.25. The van der Waals surface area contributed by atoms with Gasteiger partial charge in [0, 0.05) is 31.3 Å². The fourth-order valence-electron chi connectivity index (χ4n) is 3.58. The number of nitrogens with zero attached hydrogens (tertiary/aromatic N) is 2. The number of benzene rings is 2. The highest BCUT2D eigenvalue weighted by Crippen LogP contribution is 2.24. The van der Waals surface area contributed by atoms with Crippen LogP contribution in [-0.4, -0.2) is 36.7 Å². The SMILES string of the molecule is Cc1nc2cc(NC(=O)c3cc(S(=O)(=O)N4CCCCC4)ccc3C)ccc2o1. The number of aromatic nitrogens is 1. The van der Waals surface area contributed by atoms with Crippen molar-refractivity contribution in [1.82, 2.24) is 9.29 Å². The van der Waals surface area contributed by atoms with Crippen molar-refractivity contribution in [2.45, 2.75) is 38.0 Å². The van der Waals surface area contributed by atoms with Gasteiger partial charge in [0.05, 0.1) is 4.90 Å². The van der Waals surface area contributed by atoms with Crippen molar-refractivity contribution >= 4 is 32.7 Å². The first-order valence-electron chi connectivity index (χ1n) is 9.64. The highest BCUT2D eigenvalue weighted by molar-refractivity contribution is 7.89. The van der Waals surface area contributed by atoms with E-state index >= 15 is 0 Å². The van der Waals surface area contributed by atoms with Crippen molar-refractivity contribution in [2.24, 2.45) is 0 Å². The molecule has 29 heavy (non-hydrogen) atoms. The van der Waals surface area contributed by atoms with Crippen LogP contribution in [-0.2, 0) is 10.0 Å². The number of carbonyl (C=O) groups is 1. The maximum absolute atomic E-state index is 13.0. The average molecular weight is 413 g/mol. The molecular formula is C21H23N3O4S. The third-order valence-corrected chi connectivity index (χ3v) is 7.05. The number of fused-ring (bicyclic) bond motifs is 1. The Morgan fingerprint density at radius 2 is 1.83 bits per heavy atom. The number of nitrogens with one attached hydrogen (secondary N) is 1. The molecule has 1 saturated heterocycles. The van der Waals surface area contributed by atoms with E-state index in [1.54, 1.807) is 44.2 Å². The van der Waals surface area contributed by atoms with E-state index in [-0.39, 0.29) is 10.8 Å². The summed E-state index contributed by atoms with van der Waals surface area (Å²) in [5, 5.41) is 2.83. The predicted molar refractivity (Wildman–Crippen MR) is 110 cm³/mol. The third kappa shape index (κ3) is 3.90. The van der Waals surface area contributed by atoms with Crippen molar-refractivity contribution in [3.05, 3.63) is 53.4 Å².